The largest absolute Gasteiger partial charge is 0.459 e. The second-order valence-corrected chi connectivity index (χ2v) is 9.20. The quantitative estimate of drug-likeness (QED) is 0.105. The summed E-state index contributed by atoms with van der Waals surface area (Å²) in [6.07, 6.45) is 0.403. The van der Waals surface area contributed by atoms with Crippen molar-refractivity contribution in [3.8, 4) is 0 Å². The van der Waals surface area contributed by atoms with Crippen LogP contribution >= 0.6 is 11.8 Å². The average Bonchev–Trinajstić information content (AvgIpc) is 2.66. The summed E-state index contributed by atoms with van der Waals surface area (Å²) in [7, 11) is 0. The lowest BCUT2D eigenvalue weighted by molar-refractivity contribution is -0.182. The van der Waals surface area contributed by atoms with Crippen LogP contribution in [0, 0.1) is 11.3 Å². The summed E-state index contributed by atoms with van der Waals surface area (Å²) in [5.74, 6) is -3.73. The lowest BCUT2D eigenvalue weighted by Gasteiger charge is -2.52. The molecule has 2 atom stereocenters. The first-order valence-electron chi connectivity index (χ1n) is 9.21. The summed E-state index contributed by atoms with van der Waals surface area (Å²) >= 11 is 1.04. The molecule has 0 bridgehead atoms. The molecule has 1 saturated heterocycles. The Morgan fingerprint density at radius 1 is 1.23 bits per heavy atom. The molecule has 0 aromatic carbocycles. The van der Waals surface area contributed by atoms with E-state index in [1.807, 2.05) is 0 Å². The summed E-state index contributed by atoms with van der Waals surface area (Å²) < 4.78 is 15.0. The highest BCUT2D eigenvalue weighted by atomic mass is 32.2. The molecule has 0 unspecified atom stereocenters. The Hall–Kier alpha value is -2.98. The van der Waals surface area contributed by atoms with Gasteiger partial charge >= 0.3 is 23.0 Å². The van der Waals surface area contributed by atoms with Gasteiger partial charge in [0.05, 0.1) is 5.57 Å². The Morgan fingerprint density at radius 3 is 2.35 bits per heavy atom. The molecule has 0 aromatic rings. The van der Waals surface area contributed by atoms with Crippen molar-refractivity contribution in [3.63, 3.8) is 0 Å². The lowest BCUT2D eigenvalue weighted by atomic mass is 9.81. The number of fused-ring (bicyclic) bond motifs is 1. The van der Waals surface area contributed by atoms with Crippen molar-refractivity contribution >= 4 is 46.9 Å². The number of ether oxygens (including phenoxy) is 3. The molecular weight excluding hydrogens is 430 g/mol. The zero-order valence-electron chi connectivity index (χ0n) is 18.0. The number of rotatable bonds is 7. The van der Waals surface area contributed by atoms with Crippen molar-refractivity contribution in [2.75, 3.05) is 6.79 Å². The summed E-state index contributed by atoms with van der Waals surface area (Å²) in [6.45, 7) is 7.73. The van der Waals surface area contributed by atoms with Crippen molar-refractivity contribution < 1.29 is 43.0 Å². The highest BCUT2D eigenvalue weighted by Gasteiger charge is 2.62. The normalized spacial score (nSPS) is 20.9. The van der Waals surface area contributed by atoms with Gasteiger partial charge in [-0.2, -0.15) is 4.79 Å². The molecule has 0 saturated carbocycles. The van der Waals surface area contributed by atoms with Crippen molar-refractivity contribution in [1.29, 1.82) is 0 Å². The third kappa shape index (κ3) is 4.54. The van der Waals surface area contributed by atoms with Crippen LogP contribution in [0.1, 0.15) is 41.5 Å². The van der Waals surface area contributed by atoms with Gasteiger partial charge < -0.3 is 24.5 Å². The predicted octanol–water partition coefficient (Wildman–Crippen LogP) is 1.03. The number of hydrogen-bond acceptors (Lipinski definition) is 9. The number of aldehydes is 1. The molecule has 0 N–H and O–H groups in total. The molecule has 0 spiro atoms. The Morgan fingerprint density at radius 2 is 1.84 bits per heavy atom. The topological polar surface area (TPSA) is 153 Å². The molecule has 2 heterocycles. The fraction of sp³-hybridized carbons (Fsp3) is 0.579. The van der Waals surface area contributed by atoms with Crippen molar-refractivity contribution in [3.05, 3.63) is 16.8 Å². The number of carbonyl (C=O) groups excluding carboxylic acids is 5. The maximum absolute atomic E-state index is 12.9. The molecule has 168 valence electrons. The number of carbonyl (C=O) groups is 5. The first-order chi connectivity index (χ1) is 14.3. The monoisotopic (exact) mass is 453 g/mol. The minimum atomic E-state index is -1.41. The fourth-order valence-electron chi connectivity index (χ4n) is 3.17. The van der Waals surface area contributed by atoms with Crippen LogP contribution in [0.3, 0.4) is 0 Å². The number of β-lactam (4-membered cyclic amide) rings is 1. The standard InChI is InChI=1S/C19H23N3O8S/c1-9-12(16(26)28-8-29-17(27)18(3,4)7-23)22-14(25)11(15(22)31-13(9)21-20)19(5,6)30-10(2)24/h7,11,15H,8H2,1-6H3/t11-,15-/m0/s1. The number of esters is 3. The maximum Gasteiger partial charge on any atom is 0.358 e. The van der Waals surface area contributed by atoms with Gasteiger partial charge in [-0.1, -0.05) is 0 Å². The molecule has 0 aromatic heterocycles. The molecule has 0 aliphatic carbocycles. The minimum Gasteiger partial charge on any atom is -0.459 e. The Kier molecular flexibility index (Phi) is 6.77. The Bertz CT molecular complexity index is 932. The van der Waals surface area contributed by atoms with Gasteiger partial charge in [-0.05, 0) is 46.4 Å². The van der Waals surface area contributed by atoms with Crippen LogP contribution in [0.25, 0.3) is 5.53 Å². The number of thioether (sulfide) groups is 1. The van der Waals surface area contributed by atoms with Crippen LogP contribution < -0.4 is 0 Å². The van der Waals surface area contributed by atoms with E-state index < -0.39 is 52.9 Å². The van der Waals surface area contributed by atoms with Crippen molar-refractivity contribution in [2.45, 2.75) is 52.5 Å². The molecule has 11 nitrogen and oxygen atoms in total. The Balaban J connectivity index is 2.23. The molecule has 2 aliphatic heterocycles. The lowest BCUT2D eigenvalue weighted by Crippen LogP contribution is -2.68. The number of nitrogens with zero attached hydrogens (tertiary/aromatic N) is 3. The van der Waals surface area contributed by atoms with Crippen LogP contribution in [-0.4, -0.2) is 62.6 Å². The summed E-state index contributed by atoms with van der Waals surface area (Å²) in [6, 6.07) is 0. The van der Waals surface area contributed by atoms with Gasteiger partial charge in [0.1, 0.15) is 34.3 Å². The van der Waals surface area contributed by atoms with Gasteiger partial charge in [0.2, 0.25) is 12.7 Å². The predicted molar refractivity (Wildman–Crippen MR) is 106 cm³/mol. The zero-order chi connectivity index (χ0) is 23.7. The van der Waals surface area contributed by atoms with Gasteiger partial charge in [-0.15, -0.1) is 0 Å². The van der Waals surface area contributed by atoms with E-state index in [1.165, 1.54) is 32.6 Å². The first-order valence-corrected chi connectivity index (χ1v) is 10.1. The van der Waals surface area contributed by atoms with Gasteiger partial charge in [-0.3, -0.25) is 19.3 Å². The molecule has 1 amide bonds. The van der Waals surface area contributed by atoms with E-state index in [0.717, 1.165) is 11.8 Å². The maximum atomic E-state index is 12.9. The number of amides is 1. The molecule has 2 rings (SSSR count). The highest BCUT2D eigenvalue weighted by molar-refractivity contribution is 8.14. The van der Waals surface area contributed by atoms with E-state index in [9.17, 15) is 29.5 Å². The molecule has 0 radical (unpaired) electrons. The summed E-state index contributed by atoms with van der Waals surface area (Å²) in [5, 5.41) is -0.598. The van der Waals surface area contributed by atoms with Crippen LogP contribution in [0.4, 0.5) is 0 Å². The molecule has 31 heavy (non-hydrogen) atoms. The molecular formula is C19H23N3O8S. The van der Waals surface area contributed by atoms with Crippen molar-refractivity contribution in [2.24, 2.45) is 11.3 Å². The third-order valence-electron chi connectivity index (χ3n) is 4.83. The van der Waals surface area contributed by atoms with E-state index in [2.05, 4.69) is 4.79 Å². The second kappa shape index (κ2) is 8.64. The minimum absolute atomic E-state index is 0.0865. The van der Waals surface area contributed by atoms with E-state index in [1.54, 1.807) is 13.8 Å². The van der Waals surface area contributed by atoms with Gasteiger partial charge in [-0.25, -0.2) is 4.79 Å². The van der Waals surface area contributed by atoms with Crippen molar-refractivity contribution in [1.82, 2.24) is 4.90 Å². The Labute approximate surface area is 182 Å². The van der Waals surface area contributed by atoms with Crippen LogP contribution in [0.15, 0.2) is 11.3 Å². The third-order valence-corrected chi connectivity index (χ3v) is 6.17. The van der Waals surface area contributed by atoms with E-state index in [4.69, 9.17) is 14.2 Å². The first kappa shape index (κ1) is 24.3. The summed E-state index contributed by atoms with van der Waals surface area (Å²) in [5.41, 5.74) is 6.77. The van der Waals surface area contributed by atoms with Crippen LogP contribution in [0.5, 0.6) is 0 Å². The zero-order valence-corrected chi connectivity index (χ0v) is 18.8. The SMILES string of the molecule is CC(=O)OC(C)(C)[C@H]1C(=O)N2C(C(=O)OCOC(=O)C(C)(C)C=O)=C(C)C(=[N+]=[N-])S[C@@H]12. The van der Waals surface area contributed by atoms with Crippen LogP contribution in [0.2, 0.25) is 0 Å². The number of hydrogen-bond donors (Lipinski definition) is 0. The van der Waals surface area contributed by atoms with E-state index in [0.29, 0.717) is 6.29 Å². The van der Waals surface area contributed by atoms with Gasteiger partial charge in [0.15, 0.2) is 0 Å². The van der Waals surface area contributed by atoms with E-state index in [-0.39, 0.29) is 16.3 Å². The van der Waals surface area contributed by atoms with Gasteiger partial charge in [0.25, 0.3) is 0 Å². The molecule has 1 fully saturated rings. The second-order valence-electron chi connectivity index (χ2n) is 8.09. The van der Waals surface area contributed by atoms with Crippen LogP contribution in [-0.2, 0) is 38.2 Å². The smallest absolute Gasteiger partial charge is 0.358 e. The van der Waals surface area contributed by atoms with E-state index >= 15 is 0 Å². The average molecular weight is 453 g/mol. The molecule has 12 heteroatoms. The van der Waals surface area contributed by atoms with Gasteiger partial charge in [0, 0.05) is 6.92 Å². The highest BCUT2D eigenvalue weighted by Crippen LogP contribution is 2.49. The summed E-state index contributed by atoms with van der Waals surface area (Å²) in [4.78, 5) is 64.0. The molecule has 2 aliphatic rings. The fourth-order valence-corrected chi connectivity index (χ4v) is 4.61.